The normalized spacial score (nSPS) is 25.0. The second-order valence-corrected chi connectivity index (χ2v) is 11.8. The first-order chi connectivity index (χ1) is 14.1. The number of sulfonamides is 1. The number of hydrogen-bond donors (Lipinski definition) is 1. The average molecular weight is 437 g/mol. The standard InChI is InChI=1S/C23H36N2O4S/c1-18-12-19(15-23(2,3)14-18)13-22(26)24-16-20-6-4-5-7-21(20)17-30(27,28)25-8-10-29-11-9-25/h4-7,18-19H,8-17H2,1-3H3,(H,24,26). The minimum atomic E-state index is -3.40. The summed E-state index contributed by atoms with van der Waals surface area (Å²) in [5, 5.41) is 3.03. The van der Waals surface area contributed by atoms with E-state index in [0.29, 0.717) is 56.5 Å². The molecule has 1 aromatic rings. The van der Waals surface area contributed by atoms with Gasteiger partial charge in [-0.2, -0.15) is 4.31 Å². The van der Waals surface area contributed by atoms with Crippen LogP contribution in [0.5, 0.6) is 0 Å². The van der Waals surface area contributed by atoms with E-state index < -0.39 is 10.0 Å². The molecule has 2 aliphatic rings. The van der Waals surface area contributed by atoms with Gasteiger partial charge >= 0.3 is 0 Å². The number of rotatable bonds is 7. The summed E-state index contributed by atoms with van der Waals surface area (Å²) in [5.41, 5.74) is 1.90. The van der Waals surface area contributed by atoms with Crippen molar-refractivity contribution in [2.45, 2.75) is 58.8 Å². The van der Waals surface area contributed by atoms with Crippen LogP contribution in [0, 0.1) is 17.3 Å². The van der Waals surface area contributed by atoms with E-state index in [0.717, 1.165) is 24.0 Å². The Kier molecular flexibility index (Phi) is 7.58. The quantitative estimate of drug-likeness (QED) is 0.711. The summed E-state index contributed by atoms with van der Waals surface area (Å²) in [6.45, 7) is 8.89. The van der Waals surface area contributed by atoms with Crippen LogP contribution in [0.25, 0.3) is 0 Å². The molecular weight excluding hydrogens is 400 g/mol. The largest absolute Gasteiger partial charge is 0.379 e. The zero-order valence-electron chi connectivity index (χ0n) is 18.5. The van der Waals surface area contributed by atoms with E-state index in [1.807, 2.05) is 24.3 Å². The Labute approximate surface area is 181 Å². The highest BCUT2D eigenvalue weighted by Gasteiger charge is 2.33. The lowest BCUT2D eigenvalue weighted by Gasteiger charge is -2.38. The fraction of sp³-hybridized carbons (Fsp3) is 0.696. The van der Waals surface area contributed by atoms with E-state index in [1.54, 1.807) is 0 Å². The smallest absolute Gasteiger partial charge is 0.220 e. The van der Waals surface area contributed by atoms with Crippen LogP contribution in [0.1, 0.15) is 57.6 Å². The first-order valence-corrected chi connectivity index (χ1v) is 12.6. The Bertz CT molecular complexity index is 831. The van der Waals surface area contributed by atoms with Gasteiger partial charge in [-0.25, -0.2) is 8.42 Å². The van der Waals surface area contributed by atoms with Crippen molar-refractivity contribution in [1.82, 2.24) is 9.62 Å². The summed E-state index contributed by atoms with van der Waals surface area (Å²) >= 11 is 0. The van der Waals surface area contributed by atoms with Gasteiger partial charge in [0, 0.05) is 26.1 Å². The van der Waals surface area contributed by atoms with Crippen LogP contribution in [0.4, 0.5) is 0 Å². The molecule has 1 aromatic carbocycles. The lowest BCUT2D eigenvalue weighted by atomic mass is 9.67. The van der Waals surface area contributed by atoms with Crippen LogP contribution in [0.3, 0.4) is 0 Å². The van der Waals surface area contributed by atoms with Crippen molar-refractivity contribution in [3.63, 3.8) is 0 Å². The second-order valence-electron chi connectivity index (χ2n) is 9.80. The Morgan fingerprint density at radius 3 is 2.50 bits per heavy atom. The van der Waals surface area contributed by atoms with E-state index in [-0.39, 0.29) is 11.7 Å². The molecule has 0 radical (unpaired) electrons. The molecular formula is C23H36N2O4S. The summed E-state index contributed by atoms with van der Waals surface area (Å²) < 4.78 is 32.3. The molecule has 2 atom stereocenters. The number of nitrogens with zero attached hydrogens (tertiary/aromatic N) is 1. The van der Waals surface area contributed by atoms with E-state index in [2.05, 4.69) is 26.1 Å². The summed E-state index contributed by atoms with van der Waals surface area (Å²) in [6.07, 6.45) is 3.95. The number of amides is 1. The van der Waals surface area contributed by atoms with Gasteiger partial charge in [0.2, 0.25) is 15.9 Å². The Morgan fingerprint density at radius 2 is 1.83 bits per heavy atom. The topological polar surface area (TPSA) is 75.7 Å². The van der Waals surface area contributed by atoms with Crippen LogP contribution in [-0.2, 0) is 31.9 Å². The fourth-order valence-corrected chi connectivity index (χ4v) is 6.77. The molecule has 0 spiro atoms. The van der Waals surface area contributed by atoms with E-state index in [4.69, 9.17) is 4.74 Å². The van der Waals surface area contributed by atoms with Crippen molar-refractivity contribution >= 4 is 15.9 Å². The second kappa shape index (κ2) is 9.79. The number of benzene rings is 1. The lowest BCUT2D eigenvalue weighted by molar-refractivity contribution is -0.122. The molecule has 7 heteroatoms. The predicted octanol–water partition coefficient (Wildman–Crippen LogP) is 3.32. The number of hydrogen-bond acceptors (Lipinski definition) is 4. The van der Waals surface area contributed by atoms with E-state index in [9.17, 15) is 13.2 Å². The van der Waals surface area contributed by atoms with E-state index >= 15 is 0 Å². The molecule has 1 amide bonds. The predicted molar refractivity (Wildman–Crippen MR) is 118 cm³/mol. The highest BCUT2D eigenvalue weighted by molar-refractivity contribution is 7.88. The number of nitrogens with one attached hydrogen (secondary N) is 1. The van der Waals surface area contributed by atoms with Gasteiger partial charge < -0.3 is 10.1 Å². The molecule has 6 nitrogen and oxygen atoms in total. The molecule has 1 aliphatic heterocycles. The van der Waals surface area contributed by atoms with Crippen LogP contribution in [-0.4, -0.2) is 44.9 Å². The molecule has 1 saturated heterocycles. The minimum absolute atomic E-state index is 0.0482. The number of morpholine rings is 1. The first-order valence-electron chi connectivity index (χ1n) is 11.0. The van der Waals surface area contributed by atoms with Crippen molar-refractivity contribution in [1.29, 1.82) is 0 Å². The molecule has 2 unspecified atom stereocenters. The van der Waals surface area contributed by atoms with Gasteiger partial charge in [-0.15, -0.1) is 0 Å². The van der Waals surface area contributed by atoms with Crippen molar-refractivity contribution < 1.29 is 17.9 Å². The van der Waals surface area contributed by atoms with Crippen LogP contribution in [0.15, 0.2) is 24.3 Å². The molecule has 1 N–H and O–H groups in total. The third-order valence-corrected chi connectivity index (χ3v) is 8.08. The Morgan fingerprint density at radius 1 is 1.17 bits per heavy atom. The molecule has 30 heavy (non-hydrogen) atoms. The monoisotopic (exact) mass is 436 g/mol. The van der Waals surface area contributed by atoms with Crippen molar-refractivity contribution in [2.75, 3.05) is 26.3 Å². The van der Waals surface area contributed by atoms with Gasteiger partial charge in [0.15, 0.2) is 0 Å². The number of carbonyl (C=O) groups excluding carboxylic acids is 1. The zero-order chi connectivity index (χ0) is 21.8. The molecule has 3 rings (SSSR count). The van der Waals surface area contributed by atoms with Crippen LogP contribution >= 0.6 is 0 Å². The third-order valence-electron chi connectivity index (χ3n) is 6.25. The van der Waals surface area contributed by atoms with Crippen molar-refractivity contribution in [3.8, 4) is 0 Å². The van der Waals surface area contributed by atoms with Gasteiger partial charge in [0.25, 0.3) is 0 Å². The molecule has 1 heterocycles. The van der Waals surface area contributed by atoms with Crippen molar-refractivity contribution in [3.05, 3.63) is 35.4 Å². The summed E-state index contributed by atoms with van der Waals surface area (Å²) in [6, 6.07) is 7.47. The summed E-state index contributed by atoms with van der Waals surface area (Å²) in [7, 11) is -3.40. The molecule has 1 saturated carbocycles. The molecule has 1 aliphatic carbocycles. The SMILES string of the molecule is CC1CC(CC(=O)NCc2ccccc2CS(=O)(=O)N2CCOCC2)CC(C)(C)C1. The van der Waals surface area contributed by atoms with Gasteiger partial charge in [-0.05, 0) is 47.6 Å². The highest BCUT2D eigenvalue weighted by atomic mass is 32.2. The van der Waals surface area contributed by atoms with Gasteiger partial charge in [0.1, 0.15) is 0 Å². The average Bonchev–Trinajstić information content (AvgIpc) is 2.66. The van der Waals surface area contributed by atoms with Crippen molar-refractivity contribution in [2.24, 2.45) is 17.3 Å². The lowest BCUT2D eigenvalue weighted by Crippen LogP contribution is -2.41. The maximum atomic E-state index is 12.8. The van der Waals surface area contributed by atoms with Gasteiger partial charge in [0.05, 0.1) is 19.0 Å². The Balaban J connectivity index is 1.57. The Hall–Kier alpha value is -1.44. The number of ether oxygens (including phenoxy) is 1. The van der Waals surface area contributed by atoms with Gasteiger partial charge in [-0.3, -0.25) is 4.79 Å². The molecule has 168 valence electrons. The van der Waals surface area contributed by atoms with Crippen LogP contribution in [0.2, 0.25) is 0 Å². The summed E-state index contributed by atoms with van der Waals surface area (Å²) in [5.74, 6) is 1.07. The first kappa shape index (κ1) is 23.2. The molecule has 0 bridgehead atoms. The molecule has 0 aromatic heterocycles. The third kappa shape index (κ3) is 6.53. The zero-order valence-corrected chi connectivity index (χ0v) is 19.3. The number of carbonyl (C=O) groups is 1. The summed E-state index contributed by atoms with van der Waals surface area (Å²) in [4.78, 5) is 12.6. The van der Waals surface area contributed by atoms with Gasteiger partial charge in [-0.1, -0.05) is 45.0 Å². The fourth-order valence-electron chi connectivity index (χ4n) is 5.21. The molecule has 2 fully saturated rings. The van der Waals surface area contributed by atoms with Crippen LogP contribution < -0.4 is 5.32 Å². The maximum Gasteiger partial charge on any atom is 0.220 e. The maximum absolute atomic E-state index is 12.8. The highest BCUT2D eigenvalue weighted by Crippen LogP contribution is 2.42. The minimum Gasteiger partial charge on any atom is -0.379 e. The van der Waals surface area contributed by atoms with E-state index in [1.165, 1.54) is 10.7 Å².